The van der Waals surface area contributed by atoms with Crippen molar-refractivity contribution in [3.05, 3.63) is 71.6 Å². The molecule has 1 spiro atoms. The monoisotopic (exact) mass is 437 g/mol. The zero-order valence-corrected chi connectivity index (χ0v) is 17.9. The van der Waals surface area contributed by atoms with Crippen molar-refractivity contribution < 1.29 is 9.47 Å². The van der Waals surface area contributed by atoms with E-state index in [9.17, 15) is 0 Å². The molecule has 6 rings (SSSR count). The maximum absolute atomic E-state index is 6.97. The van der Waals surface area contributed by atoms with Crippen LogP contribution >= 0.6 is 11.6 Å². The number of alkyl halides is 1. The number of nitrogens with zero attached hydrogens (tertiary/aromatic N) is 5. The minimum Gasteiger partial charge on any atom is -0.345 e. The van der Waals surface area contributed by atoms with Gasteiger partial charge in [0, 0.05) is 31.6 Å². The number of aromatic nitrogens is 4. The van der Waals surface area contributed by atoms with Crippen molar-refractivity contribution in [2.24, 2.45) is 0 Å². The first kappa shape index (κ1) is 19.4. The van der Waals surface area contributed by atoms with Crippen LogP contribution in [0.1, 0.15) is 40.6 Å². The molecule has 5 heterocycles. The molecule has 0 aliphatic carbocycles. The van der Waals surface area contributed by atoms with Gasteiger partial charge in [-0.3, -0.25) is 14.5 Å². The van der Waals surface area contributed by atoms with E-state index < -0.39 is 11.2 Å². The summed E-state index contributed by atoms with van der Waals surface area (Å²) in [4.78, 5) is 6.90. The second-order valence-electron chi connectivity index (χ2n) is 8.47. The molecule has 0 radical (unpaired) electrons. The normalized spacial score (nSPS) is 24.8. The highest BCUT2D eigenvalue weighted by molar-refractivity contribution is 6.21. The smallest absolute Gasteiger partial charge is 0.196 e. The van der Waals surface area contributed by atoms with Crippen LogP contribution in [0, 0.1) is 0 Å². The third-order valence-corrected chi connectivity index (χ3v) is 7.05. The van der Waals surface area contributed by atoms with Crippen LogP contribution in [0.25, 0.3) is 5.69 Å². The molecule has 3 aliphatic rings. The van der Waals surface area contributed by atoms with Gasteiger partial charge in [0.05, 0.1) is 24.6 Å². The first-order valence-electron chi connectivity index (χ1n) is 10.8. The minimum absolute atomic E-state index is 0.279. The van der Waals surface area contributed by atoms with Gasteiger partial charge in [-0.05, 0) is 36.7 Å². The molecule has 1 aromatic carbocycles. The Bertz CT molecular complexity index is 1080. The zero-order chi connectivity index (χ0) is 20.8. The number of likely N-dealkylation sites (tertiary alicyclic amines) is 1. The lowest BCUT2D eigenvalue weighted by Gasteiger charge is -2.29. The van der Waals surface area contributed by atoms with Crippen molar-refractivity contribution in [1.29, 1.82) is 0 Å². The van der Waals surface area contributed by atoms with Crippen molar-refractivity contribution in [3.8, 4) is 5.69 Å². The summed E-state index contributed by atoms with van der Waals surface area (Å²) in [5, 5.41) is 8.67. The van der Waals surface area contributed by atoms with Crippen LogP contribution < -0.4 is 0 Å². The van der Waals surface area contributed by atoms with Crippen LogP contribution in [0.15, 0.2) is 48.7 Å². The molecule has 160 valence electrons. The van der Waals surface area contributed by atoms with Gasteiger partial charge in [-0.25, -0.2) is 0 Å². The summed E-state index contributed by atoms with van der Waals surface area (Å²) in [5.74, 6) is 1.05. The molecule has 0 N–H and O–H groups in total. The molecular weight excluding hydrogens is 414 g/mol. The number of hydrogen-bond donors (Lipinski definition) is 0. The van der Waals surface area contributed by atoms with Crippen LogP contribution in [0.2, 0.25) is 0 Å². The molecule has 0 saturated carbocycles. The minimum atomic E-state index is -0.892. The van der Waals surface area contributed by atoms with Gasteiger partial charge in [-0.1, -0.05) is 24.3 Å². The van der Waals surface area contributed by atoms with E-state index in [0.717, 1.165) is 48.8 Å². The van der Waals surface area contributed by atoms with Crippen molar-refractivity contribution in [2.75, 3.05) is 26.3 Å². The van der Waals surface area contributed by atoms with Crippen molar-refractivity contribution in [1.82, 2.24) is 24.6 Å². The van der Waals surface area contributed by atoms with Gasteiger partial charge in [0.2, 0.25) is 0 Å². The fourth-order valence-electron chi connectivity index (χ4n) is 5.04. The summed E-state index contributed by atoms with van der Waals surface area (Å²) in [6, 6.07) is 14.4. The molecule has 3 aromatic rings. The van der Waals surface area contributed by atoms with Gasteiger partial charge in [0.1, 0.15) is 11.2 Å². The fraction of sp³-hybridized carbons (Fsp3) is 0.435. The van der Waals surface area contributed by atoms with E-state index in [4.69, 9.17) is 21.1 Å². The molecule has 2 atom stereocenters. The Morgan fingerprint density at radius 3 is 2.68 bits per heavy atom. The molecule has 2 fully saturated rings. The topological polar surface area (TPSA) is 65.3 Å². The number of rotatable bonds is 3. The molecule has 31 heavy (non-hydrogen) atoms. The average Bonchev–Trinajstić information content (AvgIpc) is 3.53. The highest BCUT2D eigenvalue weighted by atomic mass is 35.5. The van der Waals surface area contributed by atoms with E-state index in [-0.39, 0.29) is 5.92 Å². The summed E-state index contributed by atoms with van der Waals surface area (Å²) in [7, 11) is 0. The first-order chi connectivity index (χ1) is 15.2. The SMILES string of the molecule is ClC1c2nnc([C@@H]3CCN(Cc4ccccn4)C3)n2-c2ccccc2CC12OCCO2. The Morgan fingerprint density at radius 1 is 1.03 bits per heavy atom. The summed E-state index contributed by atoms with van der Waals surface area (Å²) >= 11 is 6.97. The first-order valence-corrected chi connectivity index (χ1v) is 11.2. The highest BCUT2D eigenvalue weighted by Gasteiger charge is 2.50. The van der Waals surface area contributed by atoms with Gasteiger partial charge < -0.3 is 9.47 Å². The molecular formula is C23H24ClN5O2. The van der Waals surface area contributed by atoms with E-state index in [1.165, 1.54) is 0 Å². The van der Waals surface area contributed by atoms with Gasteiger partial charge >= 0.3 is 0 Å². The third-order valence-electron chi connectivity index (χ3n) is 6.52. The number of fused-ring (bicyclic) bond motifs is 3. The molecule has 1 unspecified atom stereocenters. The van der Waals surface area contributed by atoms with Crippen molar-refractivity contribution in [2.45, 2.75) is 36.5 Å². The van der Waals surface area contributed by atoms with Crippen LogP contribution in [0.3, 0.4) is 0 Å². The predicted octanol–water partition coefficient (Wildman–Crippen LogP) is 3.23. The standard InChI is InChI=1S/C23H24ClN5O2/c24-20-22-27-26-21(17-8-10-28(14-17)15-18-6-3-4-9-25-18)29(22)19-7-2-1-5-16(19)13-23(20)30-11-12-31-23/h1-7,9,17,20H,8,10-15H2/t17-,20?/m1/s1. The lowest BCUT2D eigenvalue weighted by molar-refractivity contribution is -0.159. The summed E-state index contributed by atoms with van der Waals surface area (Å²) in [6.07, 6.45) is 3.47. The Hall–Kier alpha value is -2.32. The largest absolute Gasteiger partial charge is 0.345 e. The average molecular weight is 438 g/mol. The van der Waals surface area contributed by atoms with E-state index in [0.29, 0.717) is 25.5 Å². The fourth-order valence-corrected chi connectivity index (χ4v) is 5.39. The second kappa shape index (κ2) is 7.67. The van der Waals surface area contributed by atoms with Crippen molar-refractivity contribution in [3.63, 3.8) is 0 Å². The summed E-state index contributed by atoms with van der Waals surface area (Å²) in [6.45, 7) is 3.85. The van der Waals surface area contributed by atoms with Crippen LogP contribution in [-0.2, 0) is 22.4 Å². The van der Waals surface area contributed by atoms with Gasteiger partial charge in [0.25, 0.3) is 0 Å². The summed E-state index contributed by atoms with van der Waals surface area (Å²) < 4.78 is 14.3. The lowest BCUT2D eigenvalue weighted by atomic mass is 10.0. The van der Waals surface area contributed by atoms with Crippen molar-refractivity contribution >= 4 is 11.6 Å². The molecule has 7 nitrogen and oxygen atoms in total. The van der Waals surface area contributed by atoms with Gasteiger partial charge in [-0.2, -0.15) is 0 Å². The van der Waals surface area contributed by atoms with Gasteiger partial charge in [0.15, 0.2) is 11.6 Å². The third kappa shape index (κ3) is 3.27. The Morgan fingerprint density at radius 2 is 1.84 bits per heavy atom. The lowest BCUT2D eigenvalue weighted by Crippen LogP contribution is -2.37. The number of hydrogen-bond acceptors (Lipinski definition) is 6. The number of ether oxygens (including phenoxy) is 2. The molecule has 2 aromatic heterocycles. The van der Waals surface area contributed by atoms with Gasteiger partial charge in [-0.15, -0.1) is 21.8 Å². The maximum Gasteiger partial charge on any atom is 0.196 e. The molecule has 2 saturated heterocycles. The summed E-state index contributed by atoms with van der Waals surface area (Å²) in [5.41, 5.74) is 3.30. The molecule has 0 amide bonds. The molecule has 3 aliphatic heterocycles. The second-order valence-corrected chi connectivity index (χ2v) is 8.91. The Kier molecular flexibility index (Phi) is 4.79. The quantitative estimate of drug-likeness (QED) is 0.586. The molecule has 0 bridgehead atoms. The van der Waals surface area contributed by atoms with E-state index in [2.05, 4.69) is 42.8 Å². The zero-order valence-electron chi connectivity index (χ0n) is 17.2. The van der Waals surface area contributed by atoms with Crippen LogP contribution in [0.4, 0.5) is 0 Å². The molecule has 8 heteroatoms. The number of pyridine rings is 1. The Balaban J connectivity index is 1.36. The van der Waals surface area contributed by atoms with Crippen LogP contribution in [-0.4, -0.2) is 56.7 Å². The number of para-hydroxylation sites is 1. The van der Waals surface area contributed by atoms with E-state index in [1.807, 2.05) is 30.5 Å². The Labute approximate surface area is 186 Å². The highest BCUT2D eigenvalue weighted by Crippen LogP contribution is 2.45. The predicted molar refractivity (Wildman–Crippen MR) is 115 cm³/mol. The number of halogens is 1. The van der Waals surface area contributed by atoms with Crippen LogP contribution in [0.5, 0.6) is 0 Å². The van der Waals surface area contributed by atoms with E-state index >= 15 is 0 Å². The number of benzene rings is 1. The maximum atomic E-state index is 6.97. The van der Waals surface area contributed by atoms with E-state index in [1.54, 1.807) is 0 Å².